The van der Waals surface area contributed by atoms with Crippen molar-refractivity contribution < 1.29 is 18.9 Å². The molecule has 0 amide bonds. The molecule has 0 bridgehead atoms. The summed E-state index contributed by atoms with van der Waals surface area (Å²) in [5.41, 5.74) is 2.22. The van der Waals surface area contributed by atoms with Crippen LogP contribution in [-0.4, -0.2) is 59.2 Å². The molecule has 0 radical (unpaired) electrons. The lowest BCUT2D eigenvalue weighted by Crippen LogP contribution is -2.38. The van der Waals surface area contributed by atoms with Gasteiger partial charge in [-0.2, -0.15) is 0 Å². The Morgan fingerprint density at radius 2 is 2.04 bits per heavy atom. The molecule has 1 unspecified atom stereocenters. The van der Waals surface area contributed by atoms with Crippen molar-refractivity contribution in [3.63, 3.8) is 0 Å². The van der Waals surface area contributed by atoms with Crippen LogP contribution in [0.15, 0.2) is 17.1 Å². The van der Waals surface area contributed by atoms with E-state index in [-0.39, 0.29) is 30.1 Å². The summed E-state index contributed by atoms with van der Waals surface area (Å²) in [4.78, 5) is 4.68. The summed E-state index contributed by atoms with van der Waals surface area (Å²) in [5.74, 6) is 2.59. The number of halogens is 1. The fraction of sp³-hybridized carbons (Fsp3) is 0.650. The summed E-state index contributed by atoms with van der Waals surface area (Å²) >= 11 is 0. The summed E-state index contributed by atoms with van der Waals surface area (Å²) in [6, 6.07) is 4.12. The first-order valence-electron chi connectivity index (χ1n) is 9.63. The number of hydrogen-bond donors (Lipinski definition) is 2. The summed E-state index contributed by atoms with van der Waals surface area (Å²) in [5, 5.41) is 6.60. The van der Waals surface area contributed by atoms with Crippen molar-refractivity contribution in [3.05, 3.63) is 23.3 Å². The van der Waals surface area contributed by atoms with Crippen molar-refractivity contribution in [2.24, 2.45) is 4.99 Å². The molecule has 2 rings (SSSR count). The molecule has 160 valence electrons. The van der Waals surface area contributed by atoms with Crippen LogP contribution in [0.3, 0.4) is 0 Å². The number of nitrogens with one attached hydrogen (secondary N) is 2. The van der Waals surface area contributed by atoms with Gasteiger partial charge in [-0.1, -0.05) is 0 Å². The molecule has 1 aliphatic heterocycles. The molecule has 0 aromatic heterocycles. The highest BCUT2D eigenvalue weighted by Crippen LogP contribution is 2.35. The summed E-state index contributed by atoms with van der Waals surface area (Å²) in [6.07, 6.45) is 2.04. The van der Waals surface area contributed by atoms with E-state index in [1.807, 2.05) is 6.07 Å². The lowest BCUT2D eigenvalue weighted by Gasteiger charge is -2.13. The van der Waals surface area contributed by atoms with Crippen molar-refractivity contribution in [1.29, 1.82) is 0 Å². The first-order chi connectivity index (χ1) is 13.2. The van der Waals surface area contributed by atoms with Gasteiger partial charge in [-0.05, 0) is 32.4 Å². The van der Waals surface area contributed by atoms with Gasteiger partial charge < -0.3 is 29.6 Å². The molecule has 28 heavy (non-hydrogen) atoms. The van der Waals surface area contributed by atoms with Gasteiger partial charge in [0.1, 0.15) is 17.6 Å². The molecule has 0 aliphatic carbocycles. The quantitative estimate of drug-likeness (QED) is 0.208. The maximum absolute atomic E-state index is 5.86. The van der Waals surface area contributed by atoms with Crippen LogP contribution in [0, 0.1) is 0 Å². The second-order valence-corrected chi connectivity index (χ2v) is 6.49. The molecular formula is C20H34IN3O4. The van der Waals surface area contributed by atoms with Gasteiger partial charge in [-0.25, -0.2) is 4.99 Å². The lowest BCUT2D eigenvalue weighted by atomic mass is 10.1. The SMILES string of the molecule is CCNC(=NCc1cc2c(cc1OC)CC(C)O2)NCCCOCCOC.I. The van der Waals surface area contributed by atoms with E-state index in [0.717, 1.165) is 49.0 Å². The second-order valence-electron chi connectivity index (χ2n) is 6.49. The van der Waals surface area contributed by atoms with E-state index in [1.165, 1.54) is 5.56 Å². The van der Waals surface area contributed by atoms with E-state index in [4.69, 9.17) is 18.9 Å². The number of methoxy groups -OCH3 is 2. The molecule has 0 fully saturated rings. The third-order valence-corrected chi connectivity index (χ3v) is 4.24. The van der Waals surface area contributed by atoms with Crippen molar-refractivity contribution in [1.82, 2.24) is 10.6 Å². The van der Waals surface area contributed by atoms with Crippen molar-refractivity contribution in [2.75, 3.05) is 47.1 Å². The maximum Gasteiger partial charge on any atom is 0.191 e. The van der Waals surface area contributed by atoms with Gasteiger partial charge in [-0.15, -0.1) is 24.0 Å². The summed E-state index contributed by atoms with van der Waals surface area (Å²) in [7, 11) is 3.37. The molecule has 0 saturated heterocycles. The number of ether oxygens (including phenoxy) is 4. The van der Waals surface area contributed by atoms with Gasteiger partial charge in [0, 0.05) is 44.4 Å². The van der Waals surface area contributed by atoms with E-state index in [2.05, 4.69) is 35.5 Å². The molecule has 2 N–H and O–H groups in total. The van der Waals surface area contributed by atoms with E-state index in [0.29, 0.717) is 26.4 Å². The number of hydrogen-bond acceptors (Lipinski definition) is 5. The molecular weight excluding hydrogens is 473 g/mol. The van der Waals surface area contributed by atoms with E-state index in [9.17, 15) is 0 Å². The van der Waals surface area contributed by atoms with Crippen LogP contribution in [0.4, 0.5) is 0 Å². The van der Waals surface area contributed by atoms with Gasteiger partial charge in [0.25, 0.3) is 0 Å². The van der Waals surface area contributed by atoms with Crippen LogP contribution in [0.1, 0.15) is 31.4 Å². The molecule has 1 aliphatic rings. The number of guanidine groups is 1. The van der Waals surface area contributed by atoms with Gasteiger partial charge >= 0.3 is 0 Å². The predicted octanol–water partition coefficient (Wildman–Crippen LogP) is 2.74. The molecule has 1 atom stereocenters. The van der Waals surface area contributed by atoms with Gasteiger partial charge in [0.2, 0.25) is 0 Å². The number of benzene rings is 1. The normalized spacial score (nSPS) is 15.4. The van der Waals surface area contributed by atoms with Gasteiger partial charge in [-0.3, -0.25) is 0 Å². The second kappa shape index (κ2) is 13.8. The third kappa shape index (κ3) is 8.00. The largest absolute Gasteiger partial charge is 0.496 e. The minimum absolute atomic E-state index is 0. The minimum atomic E-state index is 0. The Kier molecular flexibility index (Phi) is 12.2. The fourth-order valence-corrected chi connectivity index (χ4v) is 2.93. The Balaban J connectivity index is 0.00000392. The fourth-order valence-electron chi connectivity index (χ4n) is 2.93. The zero-order valence-electron chi connectivity index (χ0n) is 17.4. The monoisotopic (exact) mass is 507 g/mol. The molecule has 1 heterocycles. The van der Waals surface area contributed by atoms with E-state index < -0.39 is 0 Å². The van der Waals surface area contributed by atoms with Gasteiger partial charge in [0.15, 0.2) is 5.96 Å². The number of rotatable bonds is 11. The Bertz CT molecular complexity index is 613. The first-order valence-corrected chi connectivity index (χ1v) is 9.63. The number of aliphatic imine (C=N–C) groups is 1. The summed E-state index contributed by atoms with van der Waals surface area (Å²) in [6.45, 7) is 8.20. The Hall–Kier alpha value is -1.26. The molecule has 1 aromatic carbocycles. The van der Waals surface area contributed by atoms with Crippen LogP contribution < -0.4 is 20.1 Å². The Morgan fingerprint density at radius 3 is 2.75 bits per heavy atom. The zero-order chi connectivity index (χ0) is 19.5. The highest BCUT2D eigenvalue weighted by Gasteiger charge is 2.21. The van der Waals surface area contributed by atoms with Crippen LogP contribution in [0.2, 0.25) is 0 Å². The van der Waals surface area contributed by atoms with Crippen LogP contribution >= 0.6 is 24.0 Å². The van der Waals surface area contributed by atoms with Crippen LogP contribution in [-0.2, 0) is 22.4 Å². The van der Waals surface area contributed by atoms with E-state index >= 15 is 0 Å². The average Bonchev–Trinajstić information content (AvgIpc) is 3.03. The first kappa shape index (κ1) is 24.8. The Labute approximate surface area is 185 Å². The lowest BCUT2D eigenvalue weighted by molar-refractivity contribution is 0.0698. The Morgan fingerprint density at radius 1 is 1.21 bits per heavy atom. The third-order valence-electron chi connectivity index (χ3n) is 4.24. The molecule has 0 spiro atoms. The maximum atomic E-state index is 5.86. The molecule has 0 saturated carbocycles. The van der Waals surface area contributed by atoms with Crippen LogP contribution in [0.25, 0.3) is 0 Å². The highest BCUT2D eigenvalue weighted by molar-refractivity contribution is 14.0. The van der Waals surface area contributed by atoms with Crippen molar-refractivity contribution >= 4 is 29.9 Å². The van der Waals surface area contributed by atoms with Crippen molar-refractivity contribution in [2.45, 2.75) is 39.3 Å². The van der Waals surface area contributed by atoms with Crippen molar-refractivity contribution in [3.8, 4) is 11.5 Å². The predicted molar refractivity (Wildman–Crippen MR) is 122 cm³/mol. The molecule has 1 aromatic rings. The topological polar surface area (TPSA) is 73.3 Å². The molecule has 7 nitrogen and oxygen atoms in total. The zero-order valence-corrected chi connectivity index (χ0v) is 19.7. The smallest absolute Gasteiger partial charge is 0.191 e. The highest BCUT2D eigenvalue weighted by atomic mass is 127. The van der Waals surface area contributed by atoms with E-state index in [1.54, 1.807) is 14.2 Å². The van der Waals surface area contributed by atoms with Crippen LogP contribution in [0.5, 0.6) is 11.5 Å². The number of fused-ring (bicyclic) bond motifs is 1. The average molecular weight is 507 g/mol. The minimum Gasteiger partial charge on any atom is -0.496 e. The summed E-state index contributed by atoms with van der Waals surface area (Å²) < 4.78 is 21.8. The van der Waals surface area contributed by atoms with Gasteiger partial charge in [0.05, 0.1) is 26.9 Å². The molecule has 8 heteroatoms. The standard InChI is InChI=1S/C20H33N3O4.HI/c1-5-21-20(22-7-6-8-26-10-9-24-3)23-14-17-13-19-16(11-15(2)27-19)12-18(17)25-4;/h12-13,15H,5-11,14H2,1-4H3,(H2,21,22,23);1H. The number of nitrogens with zero attached hydrogens (tertiary/aromatic N) is 1.